The van der Waals surface area contributed by atoms with Crippen LogP contribution in [-0.4, -0.2) is 15.0 Å². The zero-order valence-corrected chi connectivity index (χ0v) is 12.5. The highest BCUT2D eigenvalue weighted by Crippen LogP contribution is 2.24. The molecular weight excluding hydrogens is 258 g/mol. The summed E-state index contributed by atoms with van der Waals surface area (Å²) in [6, 6.07) is 1.85. The van der Waals surface area contributed by atoms with Crippen LogP contribution in [0.15, 0.2) is 17.6 Å². The van der Waals surface area contributed by atoms with E-state index >= 15 is 0 Å². The largest absolute Gasteiger partial charge is 0.384 e. The van der Waals surface area contributed by atoms with E-state index in [2.05, 4.69) is 41.0 Å². The smallest absolute Gasteiger partial charge is 0.138 e. The lowest BCUT2D eigenvalue weighted by molar-refractivity contribution is 0.546. The highest BCUT2D eigenvalue weighted by Gasteiger charge is 2.19. The van der Waals surface area contributed by atoms with Crippen LogP contribution in [0.1, 0.15) is 44.6 Å². The summed E-state index contributed by atoms with van der Waals surface area (Å²) in [7, 11) is 0. The van der Waals surface area contributed by atoms with E-state index in [0.29, 0.717) is 5.82 Å². The molecule has 0 bridgehead atoms. The molecule has 0 amide bonds. The highest BCUT2D eigenvalue weighted by atomic mass is 32.1. The fraction of sp³-hybridized carbons (Fsp3) is 0.462. The van der Waals surface area contributed by atoms with E-state index in [1.165, 1.54) is 0 Å². The van der Waals surface area contributed by atoms with Crippen molar-refractivity contribution in [3.8, 4) is 0 Å². The molecule has 0 radical (unpaired) electrons. The fourth-order valence-corrected chi connectivity index (χ4v) is 2.25. The Morgan fingerprint density at radius 2 is 2.05 bits per heavy atom. The molecule has 0 saturated heterocycles. The standard InChI is InChI=1S/C13H19N5S/c1-8(11-15-5-6-19-11)16-10-7-9(14)17-12(18-10)13(2,3)4/h5-8H,1-4H3,(H3,14,16,17,18). The van der Waals surface area contributed by atoms with E-state index < -0.39 is 0 Å². The number of anilines is 2. The first-order valence-corrected chi connectivity index (χ1v) is 7.05. The van der Waals surface area contributed by atoms with Crippen LogP contribution in [-0.2, 0) is 5.41 Å². The maximum absolute atomic E-state index is 5.85. The van der Waals surface area contributed by atoms with E-state index in [1.54, 1.807) is 23.6 Å². The Kier molecular flexibility index (Phi) is 3.71. The Labute approximate surface area is 117 Å². The topological polar surface area (TPSA) is 76.7 Å². The molecule has 0 aliphatic heterocycles. The predicted molar refractivity (Wildman–Crippen MR) is 79.3 cm³/mol. The van der Waals surface area contributed by atoms with Crippen molar-refractivity contribution in [1.82, 2.24) is 15.0 Å². The normalized spacial score (nSPS) is 13.3. The number of nitrogens with zero attached hydrogens (tertiary/aromatic N) is 3. The fourth-order valence-electron chi connectivity index (χ4n) is 1.61. The SMILES string of the molecule is CC(Nc1cc(N)nc(C(C)(C)C)n1)c1nccs1. The molecule has 2 heterocycles. The Bertz CT molecular complexity index is 545. The number of aromatic nitrogens is 3. The second kappa shape index (κ2) is 5.13. The van der Waals surface area contributed by atoms with Crippen LogP contribution in [0.4, 0.5) is 11.6 Å². The van der Waals surface area contributed by atoms with Gasteiger partial charge in [-0.1, -0.05) is 20.8 Å². The molecule has 0 aliphatic rings. The van der Waals surface area contributed by atoms with Gasteiger partial charge in [0.15, 0.2) is 0 Å². The van der Waals surface area contributed by atoms with Crippen LogP contribution in [0.25, 0.3) is 0 Å². The van der Waals surface area contributed by atoms with Gasteiger partial charge < -0.3 is 11.1 Å². The average Bonchev–Trinajstić information content (AvgIpc) is 2.80. The quantitative estimate of drug-likeness (QED) is 0.902. The van der Waals surface area contributed by atoms with Crippen LogP contribution >= 0.6 is 11.3 Å². The summed E-state index contributed by atoms with van der Waals surface area (Å²) >= 11 is 1.62. The van der Waals surface area contributed by atoms with Crippen LogP contribution in [0.3, 0.4) is 0 Å². The Balaban J connectivity index is 2.23. The molecule has 2 rings (SSSR count). The Morgan fingerprint density at radius 1 is 1.32 bits per heavy atom. The van der Waals surface area contributed by atoms with Gasteiger partial charge in [0.05, 0.1) is 6.04 Å². The maximum Gasteiger partial charge on any atom is 0.138 e. The second-order valence-corrected chi connectivity index (χ2v) is 6.41. The first kappa shape index (κ1) is 13.7. The van der Waals surface area contributed by atoms with Gasteiger partial charge in [-0.3, -0.25) is 0 Å². The minimum atomic E-state index is -0.129. The summed E-state index contributed by atoms with van der Waals surface area (Å²) in [6.07, 6.45) is 1.80. The minimum absolute atomic E-state index is 0.0992. The summed E-state index contributed by atoms with van der Waals surface area (Å²) in [5.41, 5.74) is 5.72. The number of rotatable bonds is 3. The molecule has 19 heavy (non-hydrogen) atoms. The molecule has 1 unspecified atom stereocenters. The number of nitrogens with two attached hydrogens (primary N) is 1. The van der Waals surface area contributed by atoms with E-state index in [1.807, 2.05) is 12.3 Å². The second-order valence-electron chi connectivity index (χ2n) is 5.49. The van der Waals surface area contributed by atoms with Gasteiger partial charge in [0.2, 0.25) is 0 Å². The van der Waals surface area contributed by atoms with E-state index in [4.69, 9.17) is 5.73 Å². The Morgan fingerprint density at radius 3 is 2.63 bits per heavy atom. The zero-order chi connectivity index (χ0) is 14.0. The van der Waals surface area contributed by atoms with E-state index in [-0.39, 0.29) is 11.5 Å². The first-order chi connectivity index (χ1) is 8.86. The van der Waals surface area contributed by atoms with Gasteiger partial charge >= 0.3 is 0 Å². The molecule has 5 nitrogen and oxygen atoms in total. The molecular formula is C13H19N5S. The molecule has 0 spiro atoms. The molecule has 0 aromatic carbocycles. The molecule has 102 valence electrons. The number of hydrogen-bond acceptors (Lipinski definition) is 6. The van der Waals surface area contributed by atoms with E-state index in [9.17, 15) is 0 Å². The van der Waals surface area contributed by atoms with Gasteiger partial charge in [-0.25, -0.2) is 15.0 Å². The molecule has 1 atom stereocenters. The predicted octanol–water partition coefficient (Wildman–Crippen LogP) is 2.99. The minimum Gasteiger partial charge on any atom is -0.384 e. The zero-order valence-electron chi connectivity index (χ0n) is 11.6. The van der Waals surface area contributed by atoms with Crippen molar-refractivity contribution in [3.63, 3.8) is 0 Å². The molecule has 0 aliphatic carbocycles. The van der Waals surface area contributed by atoms with Gasteiger partial charge in [-0.05, 0) is 6.92 Å². The first-order valence-electron chi connectivity index (χ1n) is 6.17. The molecule has 6 heteroatoms. The third-order valence-corrected chi connectivity index (χ3v) is 3.56. The monoisotopic (exact) mass is 277 g/mol. The summed E-state index contributed by atoms with van der Waals surface area (Å²) in [6.45, 7) is 8.25. The van der Waals surface area contributed by atoms with Gasteiger partial charge in [-0.15, -0.1) is 11.3 Å². The van der Waals surface area contributed by atoms with Gasteiger partial charge in [-0.2, -0.15) is 0 Å². The van der Waals surface area contributed by atoms with Gasteiger partial charge in [0.25, 0.3) is 0 Å². The summed E-state index contributed by atoms with van der Waals surface area (Å²) in [5.74, 6) is 1.95. The van der Waals surface area contributed by atoms with Crippen LogP contribution in [0.5, 0.6) is 0 Å². The number of nitrogen functional groups attached to an aromatic ring is 1. The molecule has 2 aromatic rings. The van der Waals surface area contributed by atoms with Crippen molar-refractivity contribution < 1.29 is 0 Å². The average molecular weight is 277 g/mol. The lowest BCUT2D eigenvalue weighted by Gasteiger charge is -2.19. The van der Waals surface area contributed by atoms with E-state index in [0.717, 1.165) is 16.6 Å². The lowest BCUT2D eigenvalue weighted by Crippen LogP contribution is -2.19. The van der Waals surface area contributed by atoms with Crippen LogP contribution in [0.2, 0.25) is 0 Å². The summed E-state index contributed by atoms with van der Waals surface area (Å²) in [5, 5.41) is 6.30. The number of thiazole rings is 1. The Hall–Kier alpha value is -1.69. The molecule has 3 N–H and O–H groups in total. The van der Waals surface area contributed by atoms with Crippen LogP contribution in [0, 0.1) is 0 Å². The van der Waals surface area contributed by atoms with Crippen molar-refractivity contribution in [2.24, 2.45) is 0 Å². The van der Waals surface area contributed by atoms with Crippen molar-refractivity contribution >= 4 is 23.0 Å². The maximum atomic E-state index is 5.85. The summed E-state index contributed by atoms with van der Waals surface area (Å²) in [4.78, 5) is 13.1. The highest BCUT2D eigenvalue weighted by molar-refractivity contribution is 7.09. The molecule has 0 fully saturated rings. The van der Waals surface area contributed by atoms with Gasteiger partial charge in [0, 0.05) is 23.1 Å². The number of hydrogen-bond donors (Lipinski definition) is 2. The lowest BCUT2D eigenvalue weighted by atomic mass is 9.96. The number of nitrogens with one attached hydrogen (secondary N) is 1. The van der Waals surface area contributed by atoms with Crippen molar-refractivity contribution in [3.05, 3.63) is 28.5 Å². The van der Waals surface area contributed by atoms with Crippen LogP contribution < -0.4 is 11.1 Å². The van der Waals surface area contributed by atoms with Crippen molar-refractivity contribution in [1.29, 1.82) is 0 Å². The molecule has 2 aromatic heterocycles. The molecule has 0 saturated carbocycles. The van der Waals surface area contributed by atoms with Crippen molar-refractivity contribution in [2.45, 2.75) is 39.2 Å². The third-order valence-electron chi connectivity index (χ3n) is 2.60. The third kappa shape index (κ3) is 3.41. The summed E-state index contributed by atoms with van der Waals surface area (Å²) < 4.78 is 0. The van der Waals surface area contributed by atoms with Crippen molar-refractivity contribution in [2.75, 3.05) is 11.1 Å². The van der Waals surface area contributed by atoms with Gasteiger partial charge in [0.1, 0.15) is 22.5 Å².